The van der Waals surface area contributed by atoms with E-state index in [9.17, 15) is 14.4 Å². The van der Waals surface area contributed by atoms with Crippen LogP contribution in [-0.2, 0) is 9.59 Å². The zero-order chi connectivity index (χ0) is 21.5. The lowest BCUT2D eigenvalue weighted by Gasteiger charge is -2.34. The topological polar surface area (TPSA) is 81.8 Å². The summed E-state index contributed by atoms with van der Waals surface area (Å²) in [5, 5.41) is 5.82. The summed E-state index contributed by atoms with van der Waals surface area (Å²) in [7, 11) is 0. The number of rotatable bonds is 5. The van der Waals surface area contributed by atoms with E-state index in [0.717, 1.165) is 5.56 Å². The lowest BCUT2D eigenvalue weighted by Crippen LogP contribution is -2.50. The van der Waals surface area contributed by atoms with Gasteiger partial charge in [-0.3, -0.25) is 19.3 Å². The summed E-state index contributed by atoms with van der Waals surface area (Å²) in [4.78, 5) is 40.4. The van der Waals surface area contributed by atoms with Gasteiger partial charge in [-0.25, -0.2) is 0 Å². The van der Waals surface area contributed by atoms with Crippen molar-refractivity contribution >= 4 is 35.0 Å². The molecule has 2 N–H and O–H groups in total. The van der Waals surface area contributed by atoms with E-state index in [1.807, 2.05) is 24.0 Å². The Hall–Kier alpha value is -2.90. The van der Waals surface area contributed by atoms with E-state index in [0.29, 0.717) is 55.5 Å². The number of hydrogen-bond donors (Lipinski definition) is 2. The number of carbonyl (C=O) groups excluding carboxylic acids is 3. The molecule has 3 amide bonds. The Bertz CT molecular complexity index is 892. The van der Waals surface area contributed by atoms with Crippen molar-refractivity contribution in [2.75, 3.05) is 44.6 Å². The Labute approximate surface area is 181 Å². The first-order valence-corrected chi connectivity index (χ1v) is 10.2. The highest BCUT2D eigenvalue weighted by atomic mass is 35.5. The van der Waals surface area contributed by atoms with Crippen LogP contribution in [0.1, 0.15) is 15.9 Å². The third-order valence-electron chi connectivity index (χ3n) is 4.98. The van der Waals surface area contributed by atoms with Crippen molar-refractivity contribution in [3.63, 3.8) is 0 Å². The fourth-order valence-electron chi connectivity index (χ4n) is 3.18. The highest BCUT2D eigenvalue weighted by molar-refractivity contribution is 6.39. The van der Waals surface area contributed by atoms with Gasteiger partial charge >= 0.3 is 11.8 Å². The average Bonchev–Trinajstić information content (AvgIpc) is 2.76. The Balaban J connectivity index is 1.36. The molecule has 0 radical (unpaired) electrons. The molecule has 0 unspecified atom stereocenters. The van der Waals surface area contributed by atoms with E-state index in [2.05, 4.69) is 15.5 Å². The maximum absolute atomic E-state index is 12.5. The number of piperazine rings is 1. The summed E-state index contributed by atoms with van der Waals surface area (Å²) in [6.45, 7) is 5.59. The monoisotopic (exact) mass is 428 g/mol. The fraction of sp³-hybridized carbons (Fsp3) is 0.318. The zero-order valence-electron chi connectivity index (χ0n) is 16.9. The van der Waals surface area contributed by atoms with E-state index in [4.69, 9.17) is 11.6 Å². The highest BCUT2D eigenvalue weighted by Crippen LogP contribution is 2.13. The summed E-state index contributed by atoms with van der Waals surface area (Å²) in [6, 6.07) is 14.1. The van der Waals surface area contributed by atoms with Gasteiger partial charge in [0.2, 0.25) is 0 Å². The van der Waals surface area contributed by atoms with Crippen LogP contribution in [0.25, 0.3) is 0 Å². The smallest absolute Gasteiger partial charge is 0.313 e. The van der Waals surface area contributed by atoms with Gasteiger partial charge < -0.3 is 15.5 Å². The number of nitrogens with zero attached hydrogens (tertiary/aromatic N) is 2. The minimum absolute atomic E-state index is 0.00704. The molecule has 8 heteroatoms. The van der Waals surface area contributed by atoms with E-state index in [-0.39, 0.29) is 5.91 Å². The van der Waals surface area contributed by atoms with Crippen LogP contribution in [0.15, 0.2) is 48.5 Å². The molecule has 2 aromatic rings. The van der Waals surface area contributed by atoms with Crippen LogP contribution in [0.5, 0.6) is 0 Å². The second-order valence-corrected chi connectivity index (χ2v) is 7.65. The molecular formula is C22H25ClN4O3. The van der Waals surface area contributed by atoms with E-state index >= 15 is 0 Å². The van der Waals surface area contributed by atoms with Gasteiger partial charge in [0.15, 0.2) is 0 Å². The van der Waals surface area contributed by atoms with E-state index in [1.165, 1.54) is 0 Å². The van der Waals surface area contributed by atoms with Crippen LogP contribution in [0, 0.1) is 6.92 Å². The van der Waals surface area contributed by atoms with Gasteiger partial charge in [-0.2, -0.15) is 0 Å². The molecule has 0 saturated carbocycles. The van der Waals surface area contributed by atoms with Crippen molar-refractivity contribution in [2.24, 2.45) is 0 Å². The molecule has 30 heavy (non-hydrogen) atoms. The lowest BCUT2D eigenvalue weighted by atomic mass is 10.2. The van der Waals surface area contributed by atoms with Gasteiger partial charge in [0.1, 0.15) is 0 Å². The molecule has 1 aliphatic heterocycles. The van der Waals surface area contributed by atoms with E-state index in [1.54, 1.807) is 36.4 Å². The van der Waals surface area contributed by atoms with Crippen LogP contribution in [0.3, 0.4) is 0 Å². The predicted molar refractivity (Wildman–Crippen MR) is 117 cm³/mol. The number of anilines is 1. The van der Waals surface area contributed by atoms with Gasteiger partial charge in [0.25, 0.3) is 5.91 Å². The van der Waals surface area contributed by atoms with Gasteiger partial charge in [-0.1, -0.05) is 29.3 Å². The molecule has 0 spiro atoms. The number of halogens is 1. The molecule has 0 bridgehead atoms. The van der Waals surface area contributed by atoms with Gasteiger partial charge in [-0.15, -0.1) is 0 Å². The van der Waals surface area contributed by atoms with Crippen LogP contribution >= 0.6 is 11.6 Å². The predicted octanol–water partition coefficient (Wildman–Crippen LogP) is 2.16. The Kier molecular flexibility index (Phi) is 7.43. The standard InChI is InChI=1S/C22H25ClN4O3/c1-16-2-8-19(9-3-16)25-21(29)20(28)24-10-11-26-12-14-27(15-13-26)22(30)17-4-6-18(23)7-5-17/h2-9H,10-15H2,1H3,(H,24,28)(H,25,29). The van der Waals surface area contributed by atoms with Crippen molar-refractivity contribution in [1.82, 2.24) is 15.1 Å². The van der Waals surface area contributed by atoms with Gasteiger partial charge in [0, 0.05) is 55.5 Å². The molecule has 1 aliphatic rings. The lowest BCUT2D eigenvalue weighted by molar-refractivity contribution is -0.136. The summed E-state index contributed by atoms with van der Waals surface area (Å²) < 4.78 is 0. The zero-order valence-corrected chi connectivity index (χ0v) is 17.6. The first-order chi connectivity index (χ1) is 14.4. The molecule has 0 aliphatic carbocycles. The Morgan fingerprint density at radius 2 is 1.53 bits per heavy atom. The molecule has 0 atom stereocenters. The molecule has 1 saturated heterocycles. The number of hydrogen-bond acceptors (Lipinski definition) is 4. The van der Waals surface area contributed by atoms with Crippen molar-refractivity contribution in [1.29, 1.82) is 0 Å². The second kappa shape index (κ2) is 10.2. The van der Waals surface area contributed by atoms with Crippen molar-refractivity contribution < 1.29 is 14.4 Å². The molecule has 0 aromatic heterocycles. The summed E-state index contributed by atoms with van der Waals surface area (Å²) in [6.07, 6.45) is 0. The van der Waals surface area contributed by atoms with Crippen LogP contribution in [-0.4, -0.2) is 66.8 Å². The number of aryl methyl sites for hydroxylation is 1. The summed E-state index contributed by atoms with van der Waals surface area (Å²) in [5.41, 5.74) is 2.29. The third-order valence-corrected chi connectivity index (χ3v) is 5.23. The molecule has 1 heterocycles. The third kappa shape index (κ3) is 6.05. The number of amides is 3. The first-order valence-electron chi connectivity index (χ1n) is 9.85. The number of benzene rings is 2. The number of nitrogens with one attached hydrogen (secondary N) is 2. The highest BCUT2D eigenvalue weighted by Gasteiger charge is 2.22. The molecular weight excluding hydrogens is 404 g/mol. The molecule has 2 aromatic carbocycles. The van der Waals surface area contributed by atoms with Crippen molar-refractivity contribution in [2.45, 2.75) is 6.92 Å². The first kappa shape index (κ1) is 21.8. The molecule has 158 valence electrons. The Morgan fingerprint density at radius 1 is 0.900 bits per heavy atom. The van der Waals surface area contributed by atoms with Gasteiger partial charge in [-0.05, 0) is 43.3 Å². The van der Waals surface area contributed by atoms with Crippen LogP contribution in [0.4, 0.5) is 5.69 Å². The maximum atomic E-state index is 12.5. The largest absolute Gasteiger partial charge is 0.347 e. The SMILES string of the molecule is Cc1ccc(NC(=O)C(=O)NCCN2CCN(C(=O)c3ccc(Cl)cc3)CC2)cc1. The number of carbonyl (C=O) groups is 3. The normalized spacial score (nSPS) is 14.3. The molecule has 3 rings (SSSR count). The summed E-state index contributed by atoms with van der Waals surface area (Å²) in [5.74, 6) is -1.35. The fourth-order valence-corrected chi connectivity index (χ4v) is 3.31. The maximum Gasteiger partial charge on any atom is 0.313 e. The second-order valence-electron chi connectivity index (χ2n) is 7.22. The summed E-state index contributed by atoms with van der Waals surface area (Å²) >= 11 is 5.87. The van der Waals surface area contributed by atoms with Crippen molar-refractivity contribution in [3.05, 3.63) is 64.7 Å². The molecule has 7 nitrogen and oxygen atoms in total. The minimum atomic E-state index is -0.683. The van der Waals surface area contributed by atoms with Crippen molar-refractivity contribution in [3.8, 4) is 0 Å². The minimum Gasteiger partial charge on any atom is -0.347 e. The van der Waals surface area contributed by atoms with Gasteiger partial charge in [0.05, 0.1) is 0 Å². The Morgan fingerprint density at radius 3 is 2.17 bits per heavy atom. The molecule has 1 fully saturated rings. The van der Waals surface area contributed by atoms with E-state index < -0.39 is 11.8 Å². The van der Waals surface area contributed by atoms with Crippen LogP contribution in [0.2, 0.25) is 5.02 Å². The van der Waals surface area contributed by atoms with Crippen LogP contribution < -0.4 is 10.6 Å². The average molecular weight is 429 g/mol. The quantitative estimate of drug-likeness (QED) is 0.715.